The maximum atomic E-state index is 12.4. The molecule has 1 aromatic carbocycles. The van der Waals surface area contributed by atoms with Crippen LogP contribution >= 0.6 is 39.1 Å². The number of rotatable bonds is 5. The maximum absolute atomic E-state index is 12.4. The SMILES string of the molecule is CCCC(Br)C1CN(Cc2ccccc2)C(=O)C1(Cl)Cl. The zero-order valence-corrected chi connectivity index (χ0v) is 14.5. The summed E-state index contributed by atoms with van der Waals surface area (Å²) in [6.45, 7) is 3.26. The van der Waals surface area contributed by atoms with E-state index in [-0.39, 0.29) is 16.7 Å². The van der Waals surface area contributed by atoms with E-state index >= 15 is 0 Å². The van der Waals surface area contributed by atoms with Crippen LogP contribution in [0.5, 0.6) is 0 Å². The Morgan fingerprint density at radius 3 is 2.65 bits per heavy atom. The summed E-state index contributed by atoms with van der Waals surface area (Å²) in [4.78, 5) is 14.3. The average molecular weight is 379 g/mol. The summed E-state index contributed by atoms with van der Waals surface area (Å²) in [6.07, 6.45) is 1.99. The van der Waals surface area contributed by atoms with Gasteiger partial charge in [-0.3, -0.25) is 4.79 Å². The standard InChI is InChI=1S/C15H18BrCl2NO/c1-2-6-13(16)12-10-19(14(20)15(12,17)18)9-11-7-4-3-5-8-11/h3-5,7-8,12-13H,2,6,9-10H2,1H3. The van der Waals surface area contributed by atoms with Crippen LogP contribution in [0.25, 0.3) is 0 Å². The Kier molecular flexibility index (Phi) is 5.38. The van der Waals surface area contributed by atoms with Crippen LogP contribution in [0, 0.1) is 5.92 Å². The Morgan fingerprint density at radius 1 is 1.40 bits per heavy atom. The monoisotopic (exact) mass is 377 g/mol. The molecule has 0 bridgehead atoms. The molecule has 2 unspecified atom stereocenters. The lowest BCUT2D eigenvalue weighted by Crippen LogP contribution is -2.35. The fraction of sp³-hybridized carbons (Fsp3) is 0.533. The number of alkyl halides is 3. The van der Waals surface area contributed by atoms with Gasteiger partial charge in [-0.05, 0) is 12.0 Å². The molecule has 0 saturated carbocycles. The summed E-state index contributed by atoms with van der Waals surface area (Å²) in [7, 11) is 0. The van der Waals surface area contributed by atoms with Gasteiger partial charge in [0, 0.05) is 23.8 Å². The van der Waals surface area contributed by atoms with Gasteiger partial charge in [-0.2, -0.15) is 0 Å². The first-order valence-corrected chi connectivity index (χ1v) is 8.49. The molecule has 2 atom stereocenters. The number of likely N-dealkylation sites (tertiary alicyclic amines) is 1. The van der Waals surface area contributed by atoms with Crippen molar-refractivity contribution in [2.75, 3.05) is 6.54 Å². The Bertz CT molecular complexity index is 466. The van der Waals surface area contributed by atoms with Crippen molar-refractivity contribution in [3.05, 3.63) is 35.9 Å². The quantitative estimate of drug-likeness (QED) is 0.696. The van der Waals surface area contributed by atoms with Crippen molar-refractivity contribution >= 4 is 45.0 Å². The number of halogens is 3. The van der Waals surface area contributed by atoms with Crippen molar-refractivity contribution in [1.82, 2.24) is 4.90 Å². The van der Waals surface area contributed by atoms with Gasteiger partial charge in [0.05, 0.1) is 0 Å². The van der Waals surface area contributed by atoms with E-state index < -0.39 is 4.33 Å². The van der Waals surface area contributed by atoms with Gasteiger partial charge in [-0.1, -0.05) is 82.8 Å². The third kappa shape index (κ3) is 3.32. The molecule has 0 N–H and O–H groups in total. The lowest BCUT2D eigenvalue weighted by molar-refractivity contribution is -0.128. The lowest BCUT2D eigenvalue weighted by atomic mass is 10.0. The second-order valence-corrected chi connectivity index (χ2v) is 7.77. The van der Waals surface area contributed by atoms with Gasteiger partial charge in [0.25, 0.3) is 5.91 Å². The smallest absolute Gasteiger partial charge is 0.259 e. The molecule has 0 spiro atoms. The van der Waals surface area contributed by atoms with E-state index in [1.807, 2.05) is 30.3 Å². The second-order valence-electron chi connectivity index (χ2n) is 5.21. The third-order valence-electron chi connectivity index (χ3n) is 3.67. The van der Waals surface area contributed by atoms with E-state index in [4.69, 9.17) is 23.2 Å². The molecule has 1 aliphatic rings. The van der Waals surface area contributed by atoms with E-state index in [2.05, 4.69) is 22.9 Å². The molecule has 1 heterocycles. The van der Waals surface area contributed by atoms with Crippen molar-refractivity contribution in [3.63, 3.8) is 0 Å². The van der Waals surface area contributed by atoms with Gasteiger partial charge in [-0.15, -0.1) is 0 Å². The predicted molar refractivity (Wildman–Crippen MR) is 87.4 cm³/mol. The lowest BCUT2D eigenvalue weighted by Gasteiger charge is -2.23. The summed E-state index contributed by atoms with van der Waals surface area (Å²) >= 11 is 16.3. The summed E-state index contributed by atoms with van der Waals surface area (Å²) in [5.74, 6) is -0.266. The van der Waals surface area contributed by atoms with Crippen LogP contribution in [-0.2, 0) is 11.3 Å². The van der Waals surface area contributed by atoms with Crippen LogP contribution in [-0.4, -0.2) is 26.5 Å². The molecule has 5 heteroatoms. The molecule has 1 aliphatic heterocycles. The predicted octanol–water partition coefficient (Wildman–Crippen LogP) is 4.38. The molecular weight excluding hydrogens is 361 g/mol. The maximum Gasteiger partial charge on any atom is 0.259 e. The van der Waals surface area contributed by atoms with Crippen molar-refractivity contribution < 1.29 is 4.79 Å². The Balaban J connectivity index is 2.12. The van der Waals surface area contributed by atoms with Crippen molar-refractivity contribution in [3.8, 4) is 0 Å². The highest BCUT2D eigenvalue weighted by Crippen LogP contribution is 2.44. The summed E-state index contributed by atoms with van der Waals surface area (Å²) in [5.41, 5.74) is 1.09. The van der Waals surface area contributed by atoms with Crippen LogP contribution in [0.1, 0.15) is 25.3 Å². The van der Waals surface area contributed by atoms with Gasteiger partial charge in [-0.25, -0.2) is 0 Å². The number of hydrogen-bond donors (Lipinski definition) is 0. The molecule has 2 rings (SSSR count). The molecule has 1 saturated heterocycles. The molecular formula is C15H18BrCl2NO. The van der Waals surface area contributed by atoms with Gasteiger partial charge in [0.2, 0.25) is 4.33 Å². The van der Waals surface area contributed by atoms with E-state index in [1.165, 1.54) is 0 Å². The molecule has 0 radical (unpaired) electrons. The van der Waals surface area contributed by atoms with Gasteiger partial charge in [0.15, 0.2) is 0 Å². The summed E-state index contributed by atoms with van der Waals surface area (Å²) < 4.78 is -1.32. The Labute approximate surface area is 138 Å². The van der Waals surface area contributed by atoms with Gasteiger partial charge in [0.1, 0.15) is 0 Å². The summed E-state index contributed by atoms with van der Waals surface area (Å²) in [6, 6.07) is 9.89. The fourth-order valence-corrected chi connectivity index (χ4v) is 4.57. The third-order valence-corrected chi connectivity index (χ3v) is 5.65. The first-order chi connectivity index (χ1) is 9.46. The number of nitrogens with zero attached hydrogens (tertiary/aromatic N) is 1. The zero-order valence-electron chi connectivity index (χ0n) is 11.4. The number of carbonyl (C=O) groups is 1. The van der Waals surface area contributed by atoms with Crippen LogP contribution in [0.4, 0.5) is 0 Å². The number of benzene rings is 1. The topological polar surface area (TPSA) is 20.3 Å². The van der Waals surface area contributed by atoms with E-state index in [1.54, 1.807) is 4.90 Å². The highest BCUT2D eigenvalue weighted by molar-refractivity contribution is 9.09. The van der Waals surface area contributed by atoms with Crippen molar-refractivity contribution in [2.24, 2.45) is 5.92 Å². The Morgan fingerprint density at radius 2 is 2.05 bits per heavy atom. The first-order valence-electron chi connectivity index (χ1n) is 6.82. The fourth-order valence-electron chi connectivity index (χ4n) is 2.56. The van der Waals surface area contributed by atoms with Gasteiger partial charge < -0.3 is 4.90 Å². The minimum absolute atomic E-state index is 0.0815. The van der Waals surface area contributed by atoms with Gasteiger partial charge >= 0.3 is 0 Å². The molecule has 0 aromatic heterocycles. The largest absolute Gasteiger partial charge is 0.335 e. The molecule has 110 valence electrons. The summed E-state index contributed by atoms with van der Waals surface area (Å²) in [5, 5.41) is 0. The molecule has 20 heavy (non-hydrogen) atoms. The molecule has 0 aliphatic carbocycles. The normalized spacial score (nSPS) is 23.1. The molecule has 2 nitrogen and oxygen atoms in total. The molecule has 1 aromatic rings. The molecule has 1 amide bonds. The van der Waals surface area contributed by atoms with Crippen LogP contribution in [0.2, 0.25) is 0 Å². The minimum atomic E-state index is -1.32. The van der Waals surface area contributed by atoms with E-state index in [9.17, 15) is 4.79 Å². The van der Waals surface area contributed by atoms with Crippen molar-refractivity contribution in [1.29, 1.82) is 0 Å². The second kappa shape index (κ2) is 6.67. The zero-order chi connectivity index (χ0) is 14.8. The van der Waals surface area contributed by atoms with Crippen LogP contribution in [0.15, 0.2) is 30.3 Å². The molecule has 1 fully saturated rings. The number of hydrogen-bond acceptors (Lipinski definition) is 1. The number of carbonyl (C=O) groups excluding carboxylic acids is 1. The Hall–Kier alpha value is -0.250. The first kappa shape index (κ1) is 16.1. The van der Waals surface area contributed by atoms with Crippen LogP contribution in [0.3, 0.4) is 0 Å². The van der Waals surface area contributed by atoms with Crippen molar-refractivity contribution in [2.45, 2.75) is 35.5 Å². The van der Waals surface area contributed by atoms with E-state index in [0.717, 1.165) is 18.4 Å². The minimum Gasteiger partial charge on any atom is -0.335 e. The highest BCUT2D eigenvalue weighted by atomic mass is 79.9. The highest BCUT2D eigenvalue weighted by Gasteiger charge is 2.53. The average Bonchev–Trinajstić information content (AvgIpc) is 2.64. The number of amides is 1. The van der Waals surface area contributed by atoms with E-state index in [0.29, 0.717) is 13.1 Å². The van der Waals surface area contributed by atoms with Crippen LogP contribution < -0.4 is 0 Å².